The molecule has 1 aromatic heterocycles. The first kappa shape index (κ1) is 27.7. The van der Waals surface area contributed by atoms with E-state index in [1.807, 2.05) is 0 Å². The van der Waals surface area contributed by atoms with Crippen molar-refractivity contribution in [2.24, 2.45) is 0 Å². The Bertz CT molecular complexity index is 1550. The molecule has 3 aromatic carbocycles. The number of nitrogens with zero attached hydrogens (tertiary/aromatic N) is 2. The fraction of sp³-hybridized carbons (Fsp3) is 0.200. The molecule has 4 aromatic rings. The molecule has 3 amide bonds. The molecule has 0 aliphatic rings. The number of anilines is 1. The number of carbonyl (C=O) groups excluding carboxylic acids is 3. The van der Waals surface area contributed by atoms with Crippen LogP contribution in [0.15, 0.2) is 72.8 Å². The van der Waals surface area contributed by atoms with Crippen LogP contribution >= 0.6 is 0 Å². The fourth-order valence-electron chi connectivity index (χ4n) is 4.04. The van der Waals surface area contributed by atoms with Crippen molar-refractivity contribution in [3.63, 3.8) is 0 Å². The number of ether oxygens (including phenoxy) is 2. The lowest BCUT2D eigenvalue weighted by molar-refractivity contribution is -0.123. The van der Waals surface area contributed by atoms with Crippen molar-refractivity contribution < 1.29 is 23.9 Å². The number of hydrogen-bond donors (Lipinski definition) is 3. The zero-order chi connectivity index (χ0) is 28.6. The van der Waals surface area contributed by atoms with Gasteiger partial charge in [-0.25, -0.2) is 0 Å². The van der Waals surface area contributed by atoms with Crippen LogP contribution in [0, 0.1) is 11.3 Å². The number of aromatic nitrogens is 1. The minimum atomic E-state index is -0.544. The number of nitriles is 1. The number of amides is 3. The number of rotatable bonds is 10. The predicted molar refractivity (Wildman–Crippen MR) is 150 cm³/mol. The van der Waals surface area contributed by atoms with Gasteiger partial charge in [0.2, 0.25) is 11.8 Å². The average molecular weight is 540 g/mol. The quantitative estimate of drug-likeness (QED) is 0.272. The SMILES string of the molecule is COc1ccc(Oc2ccc(NC(=O)CN(CC(=O)NC(C)C)C(=O)c3cc4cccc(C#N)c4[nH]3)cc2)cc1. The number of para-hydroxylation sites is 1. The summed E-state index contributed by atoms with van der Waals surface area (Å²) >= 11 is 0. The highest BCUT2D eigenvalue weighted by Crippen LogP contribution is 2.25. The van der Waals surface area contributed by atoms with Crippen LogP contribution in [0.2, 0.25) is 0 Å². The van der Waals surface area contributed by atoms with Crippen LogP contribution in [0.5, 0.6) is 17.2 Å². The summed E-state index contributed by atoms with van der Waals surface area (Å²) in [6.07, 6.45) is 0. The first-order valence-electron chi connectivity index (χ1n) is 12.6. The van der Waals surface area contributed by atoms with Gasteiger partial charge in [-0.05, 0) is 74.5 Å². The monoisotopic (exact) mass is 539 g/mol. The highest BCUT2D eigenvalue weighted by atomic mass is 16.5. The Hall–Kier alpha value is -5.30. The topological polar surface area (TPSA) is 137 Å². The molecule has 10 nitrogen and oxygen atoms in total. The molecule has 204 valence electrons. The van der Waals surface area contributed by atoms with Crippen LogP contribution in [-0.2, 0) is 9.59 Å². The van der Waals surface area contributed by atoms with Gasteiger partial charge in [0, 0.05) is 17.1 Å². The van der Waals surface area contributed by atoms with Crippen molar-refractivity contribution in [3.8, 4) is 23.3 Å². The number of benzene rings is 3. The molecule has 0 saturated heterocycles. The zero-order valence-corrected chi connectivity index (χ0v) is 22.4. The van der Waals surface area contributed by atoms with E-state index in [0.717, 1.165) is 10.6 Å². The van der Waals surface area contributed by atoms with Crippen molar-refractivity contribution in [1.29, 1.82) is 5.26 Å². The molecule has 0 aliphatic heterocycles. The van der Waals surface area contributed by atoms with E-state index >= 15 is 0 Å². The van der Waals surface area contributed by atoms with Crippen LogP contribution < -0.4 is 20.1 Å². The molecule has 40 heavy (non-hydrogen) atoms. The first-order chi connectivity index (χ1) is 19.2. The third-order valence-corrected chi connectivity index (χ3v) is 5.85. The fourth-order valence-corrected chi connectivity index (χ4v) is 4.04. The first-order valence-corrected chi connectivity index (χ1v) is 12.6. The summed E-state index contributed by atoms with van der Waals surface area (Å²) in [5.41, 5.74) is 1.57. The molecule has 0 saturated carbocycles. The number of hydrogen-bond acceptors (Lipinski definition) is 6. The van der Waals surface area contributed by atoms with Crippen LogP contribution in [-0.4, -0.2) is 53.8 Å². The molecule has 1 heterocycles. The Morgan fingerprint density at radius 1 is 0.925 bits per heavy atom. The summed E-state index contributed by atoms with van der Waals surface area (Å²) in [6.45, 7) is 2.92. The highest BCUT2D eigenvalue weighted by Gasteiger charge is 2.24. The molecular weight excluding hydrogens is 510 g/mol. The largest absolute Gasteiger partial charge is 0.497 e. The lowest BCUT2D eigenvalue weighted by Gasteiger charge is -2.22. The Morgan fingerprint density at radius 3 is 2.17 bits per heavy atom. The summed E-state index contributed by atoms with van der Waals surface area (Å²) in [5, 5.41) is 15.6. The van der Waals surface area contributed by atoms with Crippen LogP contribution in [0.25, 0.3) is 10.9 Å². The molecule has 10 heteroatoms. The number of H-pyrrole nitrogens is 1. The number of nitrogens with one attached hydrogen (secondary N) is 3. The molecular formula is C30H29N5O5. The second kappa shape index (κ2) is 12.5. The number of methoxy groups -OCH3 is 1. The lowest BCUT2D eigenvalue weighted by atomic mass is 10.1. The normalized spacial score (nSPS) is 10.6. The van der Waals surface area contributed by atoms with Crippen molar-refractivity contribution in [3.05, 3.63) is 84.1 Å². The number of fused-ring (bicyclic) bond motifs is 1. The van der Waals surface area contributed by atoms with Crippen molar-refractivity contribution in [1.82, 2.24) is 15.2 Å². The minimum absolute atomic E-state index is 0.136. The van der Waals surface area contributed by atoms with Gasteiger partial charge in [0.1, 0.15) is 42.1 Å². The summed E-state index contributed by atoms with van der Waals surface area (Å²) in [7, 11) is 1.59. The van der Waals surface area contributed by atoms with Gasteiger partial charge in [-0.2, -0.15) is 5.26 Å². The van der Waals surface area contributed by atoms with E-state index in [0.29, 0.717) is 33.7 Å². The zero-order valence-electron chi connectivity index (χ0n) is 22.4. The van der Waals surface area contributed by atoms with Crippen molar-refractivity contribution in [2.45, 2.75) is 19.9 Å². The van der Waals surface area contributed by atoms with Gasteiger partial charge in [-0.15, -0.1) is 0 Å². The second-order valence-corrected chi connectivity index (χ2v) is 9.30. The van der Waals surface area contributed by atoms with E-state index < -0.39 is 17.7 Å². The van der Waals surface area contributed by atoms with E-state index in [1.54, 1.807) is 93.8 Å². The molecule has 0 unspecified atom stereocenters. The molecule has 4 rings (SSSR count). The van der Waals surface area contributed by atoms with Crippen LogP contribution in [0.3, 0.4) is 0 Å². The number of aromatic amines is 1. The Kier molecular flexibility index (Phi) is 8.66. The van der Waals surface area contributed by atoms with Crippen molar-refractivity contribution in [2.75, 3.05) is 25.5 Å². The highest BCUT2D eigenvalue weighted by molar-refractivity contribution is 6.03. The van der Waals surface area contributed by atoms with Crippen LogP contribution in [0.1, 0.15) is 29.9 Å². The summed E-state index contributed by atoms with van der Waals surface area (Å²) in [6, 6.07) is 22.6. The van der Waals surface area contributed by atoms with Crippen molar-refractivity contribution >= 4 is 34.3 Å². The van der Waals surface area contributed by atoms with Gasteiger partial charge in [0.25, 0.3) is 5.91 Å². The molecule has 3 N–H and O–H groups in total. The van der Waals surface area contributed by atoms with Gasteiger partial charge in [-0.3, -0.25) is 14.4 Å². The Balaban J connectivity index is 1.46. The Labute approximate surface area is 231 Å². The standard InChI is InChI=1S/C30H29N5O5/c1-19(2)32-27(36)17-35(30(38)26-15-20-5-4-6-21(16-31)29(20)34-26)18-28(37)33-22-7-9-24(10-8-22)40-25-13-11-23(39-3)12-14-25/h4-15,19,34H,17-18H2,1-3H3,(H,32,36)(H,33,37). The van der Waals surface area contributed by atoms with Gasteiger partial charge < -0.3 is 30.0 Å². The molecule has 0 fully saturated rings. The van der Waals surface area contributed by atoms with E-state index in [2.05, 4.69) is 21.7 Å². The molecule has 0 radical (unpaired) electrons. The van der Waals surface area contributed by atoms with E-state index in [1.165, 1.54) is 0 Å². The number of carbonyl (C=O) groups is 3. The summed E-state index contributed by atoms with van der Waals surface area (Å²) in [5.74, 6) is 0.493. The molecule has 0 atom stereocenters. The summed E-state index contributed by atoms with van der Waals surface area (Å²) < 4.78 is 11.0. The third kappa shape index (κ3) is 6.96. The minimum Gasteiger partial charge on any atom is -0.497 e. The summed E-state index contributed by atoms with van der Waals surface area (Å²) in [4.78, 5) is 43.0. The van der Waals surface area contributed by atoms with Gasteiger partial charge in [-0.1, -0.05) is 12.1 Å². The van der Waals surface area contributed by atoms with Gasteiger partial charge in [0.15, 0.2) is 0 Å². The van der Waals surface area contributed by atoms with Gasteiger partial charge >= 0.3 is 0 Å². The molecule has 0 aliphatic carbocycles. The predicted octanol–water partition coefficient (Wildman–Crippen LogP) is 4.45. The maximum absolute atomic E-state index is 13.4. The molecule has 0 bridgehead atoms. The average Bonchev–Trinajstić information content (AvgIpc) is 3.38. The van der Waals surface area contributed by atoms with Gasteiger partial charge in [0.05, 0.1) is 18.2 Å². The van der Waals surface area contributed by atoms with E-state index in [9.17, 15) is 19.6 Å². The van der Waals surface area contributed by atoms with Crippen LogP contribution in [0.4, 0.5) is 5.69 Å². The van der Waals surface area contributed by atoms with E-state index in [-0.39, 0.29) is 24.8 Å². The maximum Gasteiger partial charge on any atom is 0.271 e. The smallest absolute Gasteiger partial charge is 0.271 e. The maximum atomic E-state index is 13.4. The Morgan fingerprint density at radius 2 is 1.55 bits per heavy atom. The van der Waals surface area contributed by atoms with E-state index in [4.69, 9.17) is 9.47 Å². The molecule has 0 spiro atoms. The second-order valence-electron chi connectivity index (χ2n) is 9.30. The third-order valence-electron chi connectivity index (χ3n) is 5.85. The lowest BCUT2D eigenvalue weighted by Crippen LogP contribution is -2.45.